The molecule has 1 aromatic heterocycles. The van der Waals surface area contributed by atoms with Crippen LogP contribution in [0.25, 0.3) is 33.2 Å². The molecule has 0 amide bonds. The molecule has 0 aliphatic heterocycles. The SMILES string of the molecule is Cc1c2ccc(F)cc2c(-c2ccccc2)c(-c2ccccc2)[n+]1[O-]. The van der Waals surface area contributed by atoms with Crippen molar-refractivity contribution in [1.82, 2.24) is 0 Å². The van der Waals surface area contributed by atoms with E-state index in [4.69, 9.17) is 0 Å². The Morgan fingerprint density at radius 2 is 1.36 bits per heavy atom. The largest absolute Gasteiger partial charge is 0.618 e. The van der Waals surface area contributed by atoms with Gasteiger partial charge in [0.2, 0.25) is 5.69 Å². The number of aromatic nitrogens is 1. The lowest BCUT2D eigenvalue weighted by molar-refractivity contribution is -0.598. The molecular formula is C22H16FNO. The summed E-state index contributed by atoms with van der Waals surface area (Å²) in [4.78, 5) is 0. The molecule has 0 saturated heterocycles. The van der Waals surface area contributed by atoms with Crippen LogP contribution in [0.3, 0.4) is 0 Å². The summed E-state index contributed by atoms with van der Waals surface area (Å²) in [7, 11) is 0. The van der Waals surface area contributed by atoms with Gasteiger partial charge in [0.25, 0.3) is 0 Å². The second kappa shape index (κ2) is 6.02. The van der Waals surface area contributed by atoms with Crippen molar-refractivity contribution in [3.05, 3.63) is 95.6 Å². The maximum Gasteiger partial charge on any atom is 0.232 e. The molecule has 3 heteroatoms. The summed E-state index contributed by atoms with van der Waals surface area (Å²) in [5.41, 5.74) is 3.56. The molecular weight excluding hydrogens is 313 g/mol. The smallest absolute Gasteiger partial charge is 0.232 e. The van der Waals surface area contributed by atoms with Gasteiger partial charge in [-0.15, -0.1) is 0 Å². The minimum absolute atomic E-state index is 0.313. The highest BCUT2D eigenvalue weighted by atomic mass is 19.1. The summed E-state index contributed by atoms with van der Waals surface area (Å²) in [6, 6.07) is 23.8. The summed E-state index contributed by atoms with van der Waals surface area (Å²) < 4.78 is 15.0. The Bertz CT molecular complexity index is 1060. The minimum atomic E-state index is -0.313. The fourth-order valence-corrected chi connectivity index (χ4v) is 3.30. The van der Waals surface area contributed by atoms with Crippen LogP contribution in [0.5, 0.6) is 0 Å². The molecule has 4 rings (SSSR count). The number of nitrogens with zero attached hydrogens (tertiary/aromatic N) is 1. The maximum atomic E-state index is 14.0. The Balaban J connectivity index is 2.22. The fourth-order valence-electron chi connectivity index (χ4n) is 3.30. The van der Waals surface area contributed by atoms with E-state index in [2.05, 4.69) is 0 Å². The van der Waals surface area contributed by atoms with Crippen LogP contribution in [0.2, 0.25) is 0 Å². The number of aryl methyl sites for hydroxylation is 1. The van der Waals surface area contributed by atoms with E-state index >= 15 is 0 Å². The normalized spacial score (nSPS) is 11.0. The van der Waals surface area contributed by atoms with Crippen LogP contribution >= 0.6 is 0 Å². The monoisotopic (exact) mass is 329 g/mol. The third-order valence-electron chi connectivity index (χ3n) is 4.49. The number of benzene rings is 3. The molecule has 25 heavy (non-hydrogen) atoms. The molecule has 122 valence electrons. The van der Waals surface area contributed by atoms with Gasteiger partial charge in [-0.1, -0.05) is 48.5 Å². The van der Waals surface area contributed by atoms with Gasteiger partial charge in [-0.05, 0) is 35.9 Å². The Labute approximate surface area is 145 Å². The zero-order chi connectivity index (χ0) is 17.4. The molecule has 0 aliphatic rings. The molecule has 0 saturated carbocycles. The van der Waals surface area contributed by atoms with Gasteiger partial charge in [-0.2, -0.15) is 4.73 Å². The number of rotatable bonds is 2. The highest BCUT2D eigenvalue weighted by molar-refractivity contribution is 6.02. The zero-order valence-electron chi connectivity index (χ0n) is 13.7. The molecule has 0 bridgehead atoms. The summed E-state index contributed by atoms with van der Waals surface area (Å²) >= 11 is 0. The summed E-state index contributed by atoms with van der Waals surface area (Å²) in [5, 5.41) is 14.6. The van der Waals surface area contributed by atoms with Gasteiger partial charge in [-0.25, -0.2) is 4.39 Å². The van der Waals surface area contributed by atoms with Gasteiger partial charge in [0.15, 0.2) is 5.69 Å². The first-order valence-electron chi connectivity index (χ1n) is 8.13. The average molecular weight is 329 g/mol. The van der Waals surface area contributed by atoms with Crippen molar-refractivity contribution in [3.63, 3.8) is 0 Å². The maximum absolute atomic E-state index is 14.0. The van der Waals surface area contributed by atoms with Crippen LogP contribution in [0.1, 0.15) is 5.69 Å². The van der Waals surface area contributed by atoms with Crippen molar-refractivity contribution in [2.24, 2.45) is 0 Å². The topological polar surface area (TPSA) is 26.9 Å². The molecule has 0 radical (unpaired) electrons. The molecule has 0 spiro atoms. The average Bonchev–Trinajstić information content (AvgIpc) is 2.65. The van der Waals surface area contributed by atoms with Gasteiger partial charge >= 0.3 is 0 Å². The van der Waals surface area contributed by atoms with Gasteiger partial charge in [-0.3, -0.25) is 0 Å². The van der Waals surface area contributed by atoms with Crippen molar-refractivity contribution >= 4 is 10.8 Å². The van der Waals surface area contributed by atoms with Crippen LogP contribution in [-0.4, -0.2) is 0 Å². The van der Waals surface area contributed by atoms with Crippen LogP contribution < -0.4 is 4.73 Å². The lowest BCUT2D eigenvalue weighted by Crippen LogP contribution is -2.34. The number of fused-ring (bicyclic) bond motifs is 1. The Hall–Kier alpha value is -3.20. The van der Waals surface area contributed by atoms with E-state index in [-0.39, 0.29) is 5.82 Å². The molecule has 1 heterocycles. The quantitative estimate of drug-likeness (QED) is 0.364. The van der Waals surface area contributed by atoms with Gasteiger partial charge in [0.1, 0.15) is 5.82 Å². The fraction of sp³-hybridized carbons (Fsp3) is 0.0455. The zero-order valence-corrected chi connectivity index (χ0v) is 13.7. The molecule has 0 unspecified atom stereocenters. The number of pyridine rings is 1. The second-order valence-electron chi connectivity index (χ2n) is 6.03. The number of hydrogen-bond acceptors (Lipinski definition) is 1. The predicted octanol–water partition coefficient (Wildman–Crippen LogP) is 5.25. The van der Waals surface area contributed by atoms with E-state index in [0.717, 1.165) is 32.2 Å². The Morgan fingerprint density at radius 3 is 2.00 bits per heavy atom. The van der Waals surface area contributed by atoms with Crippen LogP contribution in [-0.2, 0) is 0 Å². The molecule has 3 aromatic carbocycles. The first-order valence-corrected chi connectivity index (χ1v) is 8.13. The van der Waals surface area contributed by atoms with Crippen LogP contribution in [0.15, 0.2) is 78.9 Å². The van der Waals surface area contributed by atoms with Crippen molar-refractivity contribution in [3.8, 4) is 22.4 Å². The van der Waals surface area contributed by atoms with E-state index in [1.54, 1.807) is 13.0 Å². The lowest BCUT2D eigenvalue weighted by Gasteiger charge is -2.16. The lowest BCUT2D eigenvalue weighted by atomic mass is 9.93. The first-order chi connectivity index (χ1) is 12.2. The highest BCUT2D eigenvalue weighted by Gasteiger charge is 2.24. The second-order valence-corrected chi connectivity index (χ2v) is 6.03. The Kier molecular flexibility index (Phi) is 3.69. The van der Waals surface area contributed by atoms with Gasteiger partial charge < -0.3 is 5.21 Å². The van der Waals surface area contributed by atoms with Crippen molar-refractivity contribution in [2.45, 2.75) is 6.92 Å². The molecule has 2 nitrogen and oxygen atoms in total. The van der Waals surface area contributed by atoms with Crippen LogP contribution in [0.4, 0.5) is 4.39 Å². The molecule has 0 atom stereocenters. The van der Waals surface area contributed by atoms with E-state index in [1.165, 1.54) is 12.1 Å². The summed E-state index contributed by atoms with van der Waals surface area (Å²) in [5.74, 6) is -0.313. The molecule has 0 fully saturated rings. The van der Waals surface area contributed by atoms with Crippen LogP contribution in [0, 0.1) is 17.9 Å². The van der Waals surface area contributed by atoms with E-state index < -0.39 is 0 Å². The number of halogens is 1. The van der Waals surface area contributed by atoms with E-state index in [1.807, 2.05) is 60.7 Å². The van der Waals surface area contributed by atoms with Crippen molar-refractivity contribution in [2.75, 3.05) is 0 Å². The molecule has 4 aromatic rings. The third kappa shape index (κ3) is 2.54. The highest BCUT2D eigenvalue weighted by Crippen LogP contribution is 2.37. The van der Waals surface area contributed by atoms with Crippen molar-refractivity contribution < 1.29 is 9.12 Å². The predicted molar refractivity (Wildman–Crippen MR) is 98.5 cm³/mol. The minimum Gasteiger partial charge on any atom is -0.618 e. The standard InChI is InChI=1S/C22H16FNO/c1-15-19-13-12-18(23)14-20(19)21(16-8-4-2-5-9-16)22(24(15)25)17-10-6-3-7-11-17/h2-14H,1H3. The van der Waals surface area contributed by atoms with Gasteiger partial charge in [0.05, 0.1) is 10.9 Å². The summed E-state index contributed by atoms with van der Waals surface area (Å²) in [6.07, 6.45) is 0. The van der Waals surface area contributed by atoms with E-state index in [9.17, 15) is 9.60 Å². The Morgan fingerprint density at radius 1 is 0.760 bits per heavy atom. The van der Waals surface area contributed by atoms with Gasteiger partial charge in [0, 0.05) is 17.9 Å². The van der Waals surface area contributed by atoms with E-state index in [0.29, 0.717) is 11.4 Å². The number of hydrogen-bond donors (Lipinski definition) is 0. The third-order valence-corrected chi connectivity index (χ3v) is 4.49. The first kappa shape index (κ1) is 15.3. The molecule has 0 aliphatic carbocycles. The van der Waals surface area contributed by atoms with Crippen molar-refractivity contribution in [1.29, 1.82) is 0 Å². The molecule has 0 N–H and O–H groups in total. The summed E-state index contributed by atoms with van der Waals surface area (Å²) in [6.45, 7) is 1.77.